The van der Waals surface area contributed by atoms with Gasteiger partial charge in [-0.1, -0.05) is 11.6 Å². The summed E-state index contributed by atoms with van der Waals surface area (Å²) in [5.41, 5.74) is -0.591. The van der Waals surface area contributed by atoms with Crippen LogP contribution in [0.3, 0.4) is 0 Å². The number of hydrogen-bond acceptors (Lipinski definition) is 6. The van der Waals surface area contributed by atoms with Gasteiger partial charge in [0, 0.05) is 17.3 Å². The van der Waals surface area contributed by atoms with Gasteiger partial charge in [-0.3, -0.25) is 0 Å². The molecule has 1 saturated heterocycles. The summed E-state index contributed by atoms with van der Waals surface area (Å²) in [6, 6.07) is 4.44. The Kier molecular flexibility index (Phi) is 6.58. The first kappa shape index (κ1) is 18.8. The first-order valence-electron chi connectivity index (χ1n) is 7.08. The minimum Gasteiger partial charge on any atom is -0.495 e. The molecule has 0 bridgehead atoms. The second kappa shape index (κ2) is 8.04. The van der Waals surface area contributed by atoms with Crippen LogP contribution in [0.5, 0.6) is 5.75 Å². The lowest BCUT2D eigenvalue weighted by Crippen LogP contribution is -2.45. The van der Waals surface area contributed by atoms with Gasteiger partial charge in [-0.15, -0.1) is 0 Å². The van der Waals surface area contributed by atoms with Gasteiger partial charge in [0.1, 0.15) is 10.6 Å². The van der Waals surface area contributed by atoms with Crippen molar-refractivity contribution in [2.75, 3.05) is 38.4 Å². The van der Waals surface area contributed by atoms with Gasteiger partial charge in [0.2, 0.25) is 10.0 Å². The summed E-state index contributed by atoms with van der Waals surface area (Å²) in [7, 11) is -2.38. The summed E-state index contributed by atoms with van der Waals surface area (Å²) in [5.74, 6) is 1.81. The van der Waals surface area contributed by atoms with Gasteiger partial charge in [0.05, 0.1) is 25.9 Å². The van der Waals surface area contributed by atoms with Gasteiger partial charge >= 0.3 is 0 Å². The summed E-state index contributed by atoms with van der Waals surface area (Å²) >= 11 is 7.60. The lowest BCUT2D eigenvalue weighted by Gasteiger charge is -2.28. The highest BCUT2D eigenvalue weighted by atomic mass is 35.5. The maximum atomic E-state index is 12.6. The van der Waals surface area contributed by atoms with Crippen LogP contribution in [-0.4, -0.2) is 57.5 Å². The molecule has 2 N–H and O–H groups in total. The second-order valence-corrected chi connectivity index (χ2v) is 8.45. The maximum Gasteiger partial charge on any atom is 0.244 e. The molecular formula is C14H20ClNO5S2. The molecule has 1 aromatic rings. The highest BCUT2D eigenvalue weighted by Crippen LogP contribution is 2.32. The van der Waals surface area contributed by atoms with Crippen molar-refractivity contribution in [3.8, 4) is 5.75 Å². The average molecular weight is 382 g/mol. The van der Waals surface area contributed by atoms with Gasteiger partial charge < -0.3 is 14.6 Å². The van der Waals surface area contributed by atoms with Crippen molar-refractivity contribution >= 4 is 33.4 Å². The summed E-state index contributed by atoms with van der Waals surface area (Å²) in [4.78, 5) is -0.00421. The van der Waals surface area contributed by atoms with Crippen LogP contribution in [0.4, 0.5) is 0 Å². The molecule has 1 heterocycles. The fourth-order valence-electron chi connectivity index (χ4n) is 2.32. The van der Waals surface area contributed by atoms with Gasteiger partial charge in [-0.05, 0) is 30.4 Å². The molecule has 1 aliphatic heterocycles. The van der Waals surface area contributed by atoms with Crippen LogP contribution in [0.15, 0.2) is 23.1 Å². The summed E-state index contributed by atoms with van der Waals surface area (Å²) in [5, 5.41) is 9.26. The number of rotatable bonds is 8. The standard InChI is InChI=1S/C14H20ClNO5S2/c1-20-12-3-2-11(15)8-13(12)23(18,19)16-9-14(21-6-5-17)4-7-22-10-14/h2-3,8,16-17H,4-7,9-10H2,1H3. The van der Waals surface area contributed by atoms with E-state index in [1.54, 1.807) is 17.8 Å². The van der Waals surface area contributed by atoms with Gasteiger partial charge in [0.15, 0.2) is 0 Å². The first-order chi connectivity index (χ1) is 10.9. The van der Waals surface area contributed by atoms with Crippen LogP contribution in [0.2, 0.25) is 5.02 Å². The molecule has 1 aromatic carbocycles. The molecule has 6 nitrogen and oxygen atoms in total. The number of nitrogens with one attached hydrogen (secondary N) is 1. The Morgan fingerprint density at radius 3 is 2.87 bits per heavy atom. The number of halogens is 1. The third-order valence-electron chi connectivity index (χ3n) is 3.57. The molecule has 0 spiro atoms. The Hall–Kier alpha value is -0.510. The zero-order valence-corrected chi connectivity index (χ0v) is 15.1. The number of thioether (sulfide) groups is 1. The predicted octanol–water partition coefficient (Wildman–Crippen LogP) is 1.51. The molecule has 1 unspecified atom stereocenters. The van der Waals surface area contributed by atoms with Crippen molar-refractivity contribution in [1.82, 2.24) is 4.72 Å². The fraction of sp³-hybridized carbons (Fsp3) is 0.571. The normalized spacial score (nSPS) is 21.5. The summed E-state index contributed by atoms with van der Waals surface area (Å²) < 4.78 is 38.5. The molecule has 9 heteroatoms. The number of sulfonamides is 1. The number of methoxy groups -OCH3 is 1. The third-order valence-corrected chi connectivity index (χ3v) is 6.45. The van der Waals surface area contributed by atoms with Crippen molar-refractivity contribution in [3.05, 3.63) is 23.2 Å². The van der Waals surface area contributed by atoms with Crippen molar-refractivity contribution in [2.45, 2.75) is 16.9 Å². The van der Waals surface area contributed by atoms with E-state index in [9.17, 15) is 8.42 Å². The van der Waals surface area contributed by atoms with Crippen LogP contribution >= 0.6 is 23.4 Å². The van der Waals surface area contributed by atoms with Gasteiger partial charge in [0.25, 0.3) is 0 Å². The topological polar surface area (TPSA) is 84.9 Å². The minimum atomic E-state index is -3.79. The largest absolute Gasteiger partial charge is 0.495 e. The van der Waals surface area contributed by atoms with E-state index in [4.69, 9.17) is 26.2 Å². The van der Waals surface area contributed by atoms with E-state index in [1.165, 1.54) is 19.2 Å². The summed E-state index contributed by atoms with van der Waals surface area (Å²) in [6.45, 7) is 0.224. The van der Waals surface area contributed by atoms with E-state index in [2.05, 4.69) is 4.72 Å². The lowest BCUT2D eigenvalue weighted by atomic mass is 10.0. The van der Waals surface area contributed by atoms with Gasteiger partial charge in [-0.25, -0.2) is 13.1 Å². The lowest BCUT2D eigenvalue weighted by molar-refractivity contribution is -0.0358. The molecular weight excluding hydrogens is 362 g/mol. The molecule has 1 aliphatic rings. The van der Waals surface area contributed by atoms with Gasteiger partial charge in [-0.2, -0.15) is 11.8 Å². The highest BCUT2D eigenvalue weighted by Gasteiger charge is 2.37. The van der Waals surface area contributed by atoms with E-state index in [-0.39, 0.29) is 30.4 Å². The zero-order chi connectivity index (χ0) is 16.9. The number of aliphatic hydroxyl groups is 1. The molecule has 2 rings (SSSR count). The predicted molar refractivity (Wildman–Crippen MR) is 90.9 cm³/mol. The van der Waals surface area contributed by atoms with E-state index in [0.717, 1.165) is 12.2 Å². The average Bonchev–Trinajstić information content (AvgIpc) is 3.00. The van der Waals surface area contributed by atoms with Crippen LogP contribution in [0, 0.1) is 0 Å². The zero-order valence-electron chi connectivity index (χ0n) is 12.7. The Morgan fingerprint density at radius 1 is 1.48 bits per heavy atom. The first-order valence-corrected chi connectivity index (χ1v) is 10.1. The Balaban J connectivity index is 2.16. The molecule has 130 valence electrons. The van der Waals surface area contributed by atoms with Crippen LogP contribution < -0.4 is 9.46 Å². The van der Waals surface area contributed by atoms with Crippen molar-refractivity contribution in [3.63, 3.8) is 0 Å². The van der Waals surface area contributed by atoms with E-state index >= 15 is 0 Å². The number of hydrogen-bond donors (Lipinski definition) is 2. The van der Waals surface area contributed by atoms with E-state index in [0.29, 0.717) is 10.8 Å². The molecule has 0 saturated carbocycles. The molecule has 0 radical (unpaired) electrons. The Morgan fingerprint density at radius 2 is 2.26 bits per heavy atom. The Bertz CT molecular complexity index is 632. The highest BCUT2D eigenvalue weighted by molar-refractivity contribution is 7.99. The van der Waals surface area contributed by atoms with Crippen molar-refractivity contribution < 1.29 is 23.0 Å². The third kappa shape index (κ3) is 4.74. The quantitative estimate of drug-likeness (QED) is 0.710. The Labute approximate surface area is 145 Å². The summed E-state index contributed by atoms with van der Waals surface area (Å²) in [6.07, 6.45) is 0.729. The van der Waals surface area contributed by atoms with Crippen molar-refractivity contribution in [2.24, 2.45) is 0 Å². The smallest absolute Gasteiger partial charge is 0.244 e. The molecule has 23 heavy (non-hydrogen) atoms. The molecule has 0 aromatic heterocycles. The van der Waals surface area contributed by atoms with E-state index in [1.807, 2.05) is 0 Å². The van der Waals surface area contributed by atoms with Crippen LogP contribution in [0.25, 0.3) is 0 Å². The van der Waals surface area contributed by atoms with Crippen molar-refractivity contribution in [1.29, 1.82) is 0 Å². The molecule has 0 aliphatic carbocycles. The van der Waals surface area contributed by atoms with Crippen LogP contribution in [0.1, 0.15) is 6.42 Å². The van der Waals surface area contributed by atoms with E-state index < -0.39 is 15.6 Å². The molecule has 0 amide bonds. The second-order valence-electron chi connectivity index (χ2n) is 5.18. The minimum absolute atomic E-state index is 0.00421. The number of ether oxygens (including phenoxy) is 2. The molecule has 1 fully saturated rings. The maximum absolute atomic E-state index is 12.6. The number of aliphatic hydroxyl groups excluding tert-OH is 1. The van der Waals surface area contributed by atoms with Crippen LogP contribution in [-0.2, 0) is 14.8 Å². The fourth-order valence-corrected chi connectivity index (χ4v) is 5.23. The SMILES string of the molecule is COc1ccc(Cl)cc1S(=O)(=O)NCC1(OCCO)CCSC1. The number of benzene rings is 1. The monoisotopic (exact) mass is 381 g/mol. The molecule has 1 atom stereocenters.